The van der Waals surface area contributed by atoms with Crippen LogP contribution in [0.2, 0.25) is 5.02 Å². The topological polar surface area (TPSA) is 122 Å². The molecule has 0 saturated heterocycles. The van der Waals surface area contributed by atoms with Crippen molar-refractivity contribution < 1.29 is 31.1 Å². The first-order valence-corrected chi connectivity index (χ1v) is 14.9. The van der Waals surface area contributed by atoms with E-state index < -0.39 is 32.2 Å². The number of anilines is 3. The summed E-state index contributed by atoms with van der Waals surface area (Å²) in [5, 5.41) is 9.10. The number of hydrogen-bond acceptors (Lipinski definition) is 8. The van der Waals surface area contributed by atoms with E-state index in [2.05, 4.69) is 25.9 Å². The predicted octanol–water partition coefficient (Wildman–Crippen LogP) is 6.21. The highest BCUT2D eigenvalue weighted by atomic mass is 35.5. The van der Waals surface area contributed by atoms with Gasteiger partial charge in [-0.15, -0.1) is 0 Å². The van der Waals surface area contributed by atoms with Gasteiger partial charge < -0.3 is 20.7 Å². The Hall–Kier alpha value is -3.84. The number of hydrogen-bond donors (Lipinski definition) is 3. The van der Waals surface area contributed by atoms with Crippen molar-refractivity contribution in [2.45, 2.75) is 38.1 Å². The molecule has 14 heteroatoms. The van der Waals surface area contributed by atoms with Crippen LogP contribution in [0, 0.1) is 0 Å². The third-order valence-electron chi connectivity index (χ3n) is 6.35. The van der Waals surface area contributed by atoms with Crippen LogP contribution in [-0.4, -0.2) is 47.9 Å². The number of halogens is 4. The van der Waals surface area contributed by atoms with Gasteiger partial charge in [0.15, 0.2) is 9.84 Å². The minimum Gasteiger partial charge on any atom is -0.456 e. The van der Waals surface area contributed by atoms with Crippen molar-refractivity contribution in [2.75, 3.05) is 29.5 Å². The maximum Gasteiger partial charge on any atom is 0.416 e. The van der Waals surface area contributed by atoms with Crippen LogP contribution in [-0.2, 0) is 20.8 Å². The number of aromatic nitrogens is 2. The minimum absolute atomic E-state index is 0.0217. The van der Waals surface area contributed by atoms with Crippen LogP contribution in [0.25, 0.3) is 6.08 Å². The quantitative estimate of drug-likeness (QED) is 0.271. The second kappa shape index (κ2) is 12.2. The maximum atomic E-state index is 13.0. The summed E-state index contributed by atoms with van der Waals surface area (Å²) >= 11 is 6.38. The van der Waals surface area contributed by atoms with Crippen molar-refractivity contribution in [3.63, 3.8) is 0 Å². The summed E-state index contributed by atoms with van der Waals surface area (Å²) < 4.78 is 68.5. The number of benzene rings is 2. The van der Waals surface area contributed by atoms with E-state index >= 15 is 0 Å². The van der Waals surface area contributed by atoms with Crippen LogP contribution in [0.3, 0.4) is 0 Å². The molecule has 0 unspecified atom stereocenters. The molecule has 0 fully saturated rings. The molecule has 0 spiro atoms. The van der Waals surface area contributed by atoms with Crippen LogP contribution in [0.4, 0.5) is 30.5 Å². The molecule has 9 nitrogen and oxygen atoms in total. The average molecular weight is 624 g/mol. The van der Waals surface area contributed by atoms with Gasteiger partial charge >= 0.3 is 6.18 Å². The Kier molecular flexibility index (Phi) is 9.02. The lowest BCUT2D eigenvalue weighted by atomic mass is 10.1. The molecule has 0 atom stereocenters. The fraction of sp³-hybridized carbons (Fsp3) is 0.321. The second-order valence-corrected chi connectivity index (χ2v) is 13.7. The first kappa shape index (κ1) is 31.1. The summed E-state index contributed by atoms with van der Waals surface area (Å²) in [5.74, 6) is 0.388. The molecule has 42 heavy (non-hydrogen) atoms. The molecule has 0 saturated carbocycles. The van der Waals surface area contributed by atoms with Gasteiger partial charge in [0.05, 0.1) is 26.6 Å². The van der Waals surface area contributed by atoms with E-state index in [4.69, 9.17) is 16.3 Å². The van der Waals surface area contributed by atoms with E-state index in [0.29, 0.717) is 41.4 Å². The van der Waals surface area contributed by atoms with Crippen LogP contribution in [0.15, 0.2) is 54.4 Å². The standard InChI is InChI=1S/C28H29ClF3N5O4S/c1-27(2,3)42(39,40)12-11-34-26(38)17-9-10-33-24-21(13-17)25(36-16-35-24)37-19-7-8-23(22(29)15-19)41-20-6-4-5-18(14-20)28(30,31)32/h4-8,13-16H,9-12H2,1-3H3,(H,34,38)(H2,33,35,36,37). The molecule has 224 valence electrons. The van der Waals surface area contributed by atoms with Crippen molar-refractivity contribution in [1.82, 2.24) is 15.3 Å². The summed E-state index contributed by atoms with van der Waals surface area (Å²) in [6.07, 6.45) is -1.17. The molecule has 0 radical (unpaired) electrons. The van der Waals surface area contributed by atoms with Gasteiger partial charge in [0.2, 0.25) is 5.91 Å². The molecule has 1 aliphatic rings. The van der Waals surface area contributed by atoms with Gasteiger partial charge in [0.25, 0.3) is 0 Å². The third-order valence-corrected chi connectivity index (χ3v) is 9.26. The fourth-order valence-corrected chi connectivity index (χ4v) is 5.10. The van der Waals surface area contributed by atoms with E-state index in [1.165, 1.54) is 30.6 Å². The molecular formula is C28H29ClF3N5O4S. The number of carbonyl (C=O) groups excluding carboxylic acids is 1. The summed E-state index contributed by atoms with van der Waals surface area (Å²) in [6, 6.07) is 9.11. The maximum absolute atomic E-state index is 13.0. The number of ether oxygens (including phenoxy) is 1. The lowest BCUT2D eigenvalue weighted by Gasteiger charge is -2.19. The molecule has 1 aliphatic heterocycles. The smallest absolute Gasteiger partial charge is 0.416 e. The van der Waals surface area contributed by atoms with E-state index in [-0.39, 0.29) is 28.8 Å². The van der Waals surface area contributed by atoms with E-state index in [0.717, 1.165) is 12.1 Å². The van der Waals surface area contributed by atoms with Gasteiger partial charge in [-0.2, -0.15) is 13.2 Å². The lowest BCUT2D eigenvalue weighted by molar-refractivity contribution is -0.137. The van der Waals surface area contributed by atoms with Gasteiger partial charge in [-0.3, -0.25) is 4.79 Å². The van der Waals surface area contributed by atoms with Gasteiger partial charge in [-0.05, 0) is 69.7 Å². The zero-order valence-corrected chi connectivity index (χ0v) is 24.5. The molecule has 2 aromatic carbocycles. The number of nitrogens with zero attached hydrogens (tertiary/aromatic N) is 2. The van der Waals surface area contributed by atoms with Gasteiger partial charge in [0, 0.05) is 24.4 Å². The summed E-state index contributed by atoms with van der Waals surface area (Å²) in [5.41, 5.74) is 0.565. The minimum atomic E-state index is -4.51. The zero-order valence-electron chi connectivity index (χ0n) is 23.0. The van der Waals surface area contributed by atoms with Gasteiger partial charge in [-0.25, -0.2) is 18.4 Å². The summed E-state index contributed by atoms with van der Waals surface area (Å²) in [6.45, 7) is 5.22. The molecule has 4 rings (SSSR count). The highest BCUT2D eigenvalue weighted by molar-refractivity contribution is 7.92. The fourth-order valence-electron chi connectivity index (χ4n) is 3.89. The first-order chi connectivity index (χ1) is 19.6. The molecule has 2 heterocycles. The second-order valence-electron chi connectivity index (χ2n) is 10.4. The Morgan fingerprint density at radius 1 is 1.12 bits per heavy atom. The van der Waals surface area contributed by atoms with E-state index in [1.54, 1.807) is 32.9 Å². The Balaban J connectivity index is 1.51. The monoisotopic (exact) mass is 623 g/mol. The molecule has 3 aromatic rings. The number of fused-ring (bicyclic) bond motifs is 1. The molecule has 0 bridgehead atoms. The Morgan fingerprint density at radius 3 is 2.57 bits per heavy atom. The van der Waals surface area contributed by atoms with Crippen molar-refractivity contribution in [3.8, 4) is 11.5 Å². The Labute approximate surface area is 246 Å². The number of amides is 1. The normalized spacial score (nSPS) is 13.7. The van der Waals surface area contributed by atoms with Crippen LogP contribution in [0.1, 0.15) is 38.3 Å². The number of nitrogens with one attached hydrogen (secondary N) is 3. The van der Waals surface area contributed by atoms with E-state index in [1.807, 2.05) is 0 Å². The third kappa shape index (κ3) is 7.51. The number of alkyl halides is 3. The molecule has 1 aromatic heterocycles. The number of carbonyl (C=O) groups is 1. The Bertz CT molecular complexity index is 1620. The van der Waals surface area contributed by atoms with Crippen molar-refractivity contribution in [1.29, 1.82) is 0 Å². The highest BCUT2D eigenvalue weighted by Crippen LogP contribution is 2.36. The summed E-state index contributed by atoms with van der Waals surface area (Å²) in [7, 11) is -3.40. The van der Waals surface area contributed by atoms with Gasteiger partial charge in [0.1, 0.15) is 29.5 Å². The number of rotatable bonds is 8. The largest absolute Gasteiger partial charge is 0.456 e. The van der Waals surface area contributed by atoms with Gasteiger partial charge in [-0.1, -0.05) is 17.7 Å². The Morgan fingerprint density at radius 2 is 1.88 bits per heavy atom. The lowest BCUT2D eigenvalue weighted by Crippen LogP contribution is -2.37. The van der Waals surface area contributed by atoms with Crippen molar-refractivity contribution in [2.24, 2.45) is 0 Å². The SMILES string of the molecule is CC(C)(C)S(=O)(=O)CCNC(=O)C1=Cc2c(ncnc2Nc2ccc(Oc3cccc(C(F)(F)F)c3)c(Cl)c2)NCC1. The van der Waals surface area contributed by atoms with Crippen LogP contribution in [0.5, 0.6) is 11.5 Å². The molecular weight excluding hydrogens is 595 g/mol. The van der Waals surface area contributed by atoms with Crippen LogP contribution >= 0.6 is 11.6 Å². The van der Waals surface area contributed by atoms with Crippen molar-refractivity contribution >= 4 is 50.7 Å². The highest BCUT2D eigenvalue weighted by Gasteiger charge is 2.31. The summed E-state index contributed by atoms with van der Waals surface area (Å²) in [4.78, 5) is 21.5. The zero-order chi connectivity index (χ0) is 30.7. The first-order valence-electron chi connectivity index (χ1n) is 12.9. The molecule has 3 N–H and O–H groups in total. The average Bonchev–Trinajstić information content (AvgIpc) is 3.13. The molecule has 1 amide bonds. The van der Waals surface area contributed by atoms with Crippen LogP contribution < -0.4 is 20.7 Å². The van der Waals surface area contributed by atoms with Crippen molar-refractivity contribution in [3.05, 3.63) is 70.5 Å². The number of sulfone groups is 1. The van der Waals surface area contributed by atoms with E-state index in [9.17, 15) is 26.4 Å². The predicted molar refractivity (Wildman–Crippen MR) is 156 cm³/mol. The molecule has 0 aliphatic carbocycles.